The van der Waals surface area contributed by atoms with Crippen LogP contribution in [0.15, 0.2) is 48.5 Å². The van der Waals surface area contributed by atoms with Crippen LogP contribution in [-0.2, 0) is 4.79 Å². The molecule has 22 heavy (non-hydrogen) atoms. The SMILES string of the molecule is COc1ccc(C=CC(=O)Nc2ccc(I)cc2)c(OC)c1. The van der Waals surface area contributed by atoms with Gasteiger partial charge in [0.25, 0.3) is 0 Å². The summed E-state index contributed by atoms with van der Waals surface area (Å²) in [6, 6.07) is 13.0. The zero-order valence-corrected chi connectivity index (χ0v) is 14.5. The lowest BCUT2D eigenvalue weighted by molar-refractivity contribution is -0.111. The number of carbonyl (C=O) groups excluding carboxylic acids is 1. The molecule has 0 saturated heterocycles. The van der Waals surface area contributed by atoms with Crippen LogP contribution in [0.1, 0.15) is 5.56 Å². The minimum Gasteiger partial charge on any atom is -0.497 e. The highest BCUT2D eigenvalue weighted by Crippen LogP contribution is 2.25. The van der Waals surface area contributed by atoms with Crippen molar-refractivity contribution in [3.63, 3.8) is 0 Å². The summed E-state index contributed by atoms with van der Waals surface area (Å²) in [6.45, 7) is 0. The molecule has 1 amide bonds. The van der Waals surface area contributed by atoms with Gasteiger partial charge in [-0.3, -0.25) is 4.79 Å². The average molecular weight is 409 g/mol. The summed E-state index contributed by atoms with van der Waals surface area (Å²) in [6.07, 6.45) is 3.18. The number of carbonyl (C=O) groups is 1. The Balaban J connectivity index is 2.07. The summed E-state index contributed by atoms with van der Waals surface area (Å²) in [5.41, 5.74) is 1.57. The van der Waals surface area contributed by atoms with Crippen LogP contribution in [0.5, 0.6) is 11.5 Å². The van der Waals surface area contributed by atoms with Gasteiger partial charge in [-0.2, -0.15) is 0 Å². The lowest BCUT2D eigenvalue weighted by atomic mass is 10.1. The fraction of sp³-hybridized carbons (Fsp3) is 0.118. The molecule has 2 aromatic carbocycles. The molecule has 0 aliphatic carbocycles. The second kappa shape index (κ2) is 7.84. The Labute approximate surface area is 143 Å². The normalized spacial score (nSPS) is 10.5. The molecular formula is C17H16INO3. The molecule has 2 rings (SSSR count). The van der Waals surface area contributed by atoms with Gasteiger partial charge in [0.15, 0.2) is 0 Å². The van der Waals surface area contributed by atoms with E-state index in [4.69, 9.17) is 9.47 Å². The third kappa shape index (κ3) is 4.49. The first-order valence-electron chi connectivity index (χ1n) is 6.59. The van der Waals surface area contributed by atoms with Gasteiger partial charge in [-0.25, -0.2) is 0 Å². The van der Waals surface area contributed by atoms with Crippen molar-refractivity contribution in [1.29, 1.82) is 0 Å². The van der Waals surface area contributed by atoms with Gasteiger partial charge in [-0.05, 0) is 65.1 Å². The average Bonchev–Trinajstić information content (AvgIpc) is 2.55. The third-order valence-electron chi connectivity index (χ3n) is 2.97. The van der Waals surface area contributed by atoms with Crippen molar-refractivity contribution in [3.8, 4) is 11.5 Å². The minimum absolute atomic E-state index is 0.195. The highest BCUT2D eigenvalue weighted by molar-refractivity contribution is 14.1. The number of nitrogens with one attached hydrogen (secondary N) is 1. The van der Waals surface area contributed by atoms with Crippen molar-refractivity contribution in [2.75, 3.05) is 19.5 Å². The fourth-order valence-corrected chi connectivity index (χ4v) is 2.20. The fourth-order valence-electron chi connectivity index (χ4n) is 1.84. The van der Waals surface area contributed by atoms with Crippen molar-refractivity contribution < 1.29 is 14.3 Å². The van der Waals surface area contributed by atoms with Crippen molar-refractivity contribution in [3.05, 3.63) is 57.7 Å². The van der Waals surface area contributed by atoms with Crippen molar-refractivity contribution in [2.45, 2.75) is 0 Å². The highest BCUT2D eigenvalue weighted by Gasteiger charge is 2.03. The molecule has 2 aromatic rings. The first-order valence-corrected chi connectivity index (χ1v) is 7.67. The Bertz CT molecular complexity index is 681. The Kier molecular flexibility index (Phi) is 5.83. The van der Waals surface area contributed by atoms with Crippen LogP contribution >= 0.6 is 22.6 Å². The zero-order valence-electron chi connectivity index (χ0n) is 12.3. The number of hydrogen-bond acceptors (Lipinski definition) is 3. The number of amides is 1. The van der Waals surface area contributed by atoms with E-state index in [1.54, 1.807) is 26.4 Å². The summed E-state index contributed by atoms with van der Waals surface area (Å²) in [4.78, 5) is 11.9. The van der Waals surface area contributed by atoms with E-state index in [1.165, 1.54) is 6.08 Å². The summed E-state index contributed by atoms with van der Waals surface area (Å²) in [7, 11) is 3.18. The molecule has 0 heterocycles. The number of hydrogen-bond donors (Lipinski definition) is 1. The maximum Gasteiger partial charge on any atom is 0.248 e. The van der Waals surface area contributed by atoms with Crippen LogP contribution in [0.25, 0.3) is 6.08 Å². The maximum absolute atomic E-state index is 11.9. The molecule has 1 N–H and O–H groups in total. The zero-order chi connectivity index (χ0) is 15.9. The van der Waals surface area contributed by atoms with Gasteiger partial charge < -0.3 is 14.8 Å². The van der Waals surface area contributed by atoms with Crippen molar-refractivity contribution in [2.24, 2.45) is 0 Å². The first kappa shape index (κ1) is 16.4. The van der Waals surface area contributed by atoms with Crippen LogP contribution in [0, 0.1) is 3.57 Å². The number of halogens is 1. The van der Waals surface area contributed by atoms with Gasteiger partial charge in [-0.15, -0.1) is 0 Å². The summed E-state index contributed by atoms with van der Waals surface area (Å²) in [5, 5.41) is 2.80. The molecule has 0 aliphatic rings. The van der Waals surface area contributed by atoms with Crippen LogP contribution in [-0.4, -0.2) is 20.1 Å². The lowest BCUT2D eigenvalue weighted by Gasteiger charge is -2.07. The standard InChI is InChI=1S/C17H16INO3/c1-21-15-9-3-12(16(11-15)22-2)4-10-17(20)19-14-7-5-13(18)6-8-14/h3-11H,1-2H3,(H,19,20). The predicted molar refractivity (Wildman–Crippen MR) is 96.4 cm³/mol. The van der Waals surface area contributed by atoms with E-state index in [9.17, 15) is 4.79 Å². The smallest absolute Gasteiger partial charge is 0.248 e. The van der Waals surface area contributed by atoms with Gasteiger partial charge in [0.05, 0.1) is 14.2 Å². The van der Waals surface area contributed by atoms with Crippen LogP contribution in [0.4, 0.5) is 5.69 Å². The number of benzene rings is 2. The van der Waals surface area contributed by atoms with Crippen LogP contribution in [0.2, 0.25) is 0 Å². The number of rotatable bonds is 5. The lowest BCUT2D eigenvalue weighted by Crippen LogP contribution is -2.07. The topological polar surface area (TPSA) is 47.6 Å². The molecule has 0 aliphatic heterocycles. The van der Waals surface area contributed by atoms with E-state index in [1.807, 2.05) is 36.4 Å². The Morgan fingerprint density at radius 2 is 1.82 bits per heavy atom. The Hall–Kier alpha value is -2.02. The Morgan fingerprint density at radius 3 is 2.45 bits per heavy atom. The minimum atomic E-state index is -0.195. The van der Waals surface area contributed by atoms with Gasteiger partial charge in [0.1, 0.15) is 11.5 Å². The predicted octanol–water partition coefficient (Wildman–Crippen LogP) is 3.96. The van der Waals surface area contributed by atoms with E-state index in [0.29, 0.717) is 11.5 Å². The molecule has 0 spiro atoms. The first-order chi connectivity index (χ1) is 10.6. The van der Waals surface area contributed by atoms with Crippen molar-refractivity contribution in [1.82, 2.24) is 0 Å². The van der Waals surface area contributed by atoms with Crippen molar-refractivity contribution >= 4 is 40.3 Å². The van der Waals surface area contributed by atoms with E-state index >= 15 is 0 Å². The summed E-state index contributed by atoms with van der Waals surface area (Å²) in [5.74, 6) is 1.16. The van der Waals surface area contributed by atoms with E-state index in [2.05, 4.69) is 27.9 Å². The summed E-state index contributed by atoms with van der Waals surface area (Å²) < 4.78 is 11.5. The largest absolute Gasteiger partial charge is 0.497 e. The second-order valence-corrected chi connectivity index (χ2v) is 5.68. The van der Waals surface area contributed by atoms with E-state index < -0.39 is 0 Å². The van der Waals surface area contributed by atoms with Gasteiger partial charge >= 0.3 is 0 Å². The highest BCUT2D eigenvalue weighted by atomic mass is 127. The van der Waals surface area contributed by atoms with E-state index in [-0.39, 0.29) is 5.91 Å². The van der Waals surface area contributed by atoms with Crippen LogP contribution < -0.4 is 14.8 Å². The molecule has 0 unspecified atom stereocenters. The van der Waals surface area contributed by atoms with Gasteiger partial charge in [-0.1, -0.05) is 0 Å². The maximum atomic E-state index is 11.9. The number of ether oxygens (including phenoxy) is 2. The van der Waals surface area contributed by atoms with Gasteiger partial charge in [0, 0.05) is 27.0 Å². The molecule has 0 atom stereocenters. The van der Waals surface area contributed by atoms with Crippen LogP contribution in [0.3, 0.4) is 0 Å². The molecule has 0 fully saturated rings. The number of anilines is 1. The molecule has 5 heteroatoms. The molecule has 114 valence electrons. The molecule has 0 aromatic heterocycles. The monoisotopic (exact) mass is 409 g/mol. The molecule has 0 radical (unpaired) electrons. The molecular weight excluding hydrogens is 393 g/mol. The summed E-state index contributed by atoms with van der Waals surface area (Å²) >= 11 is 2.22. The Morgan fingerprint density at radius 1 is 1.09 bits per heavy atom. The molecule has 4 nitrogen and oxygen atoms in total. The van der Waals surface area contributed by atoms with Gasteiger partial charge in [0.2, 0.25) is 5.91 Å². The molecule has 0 bridgehead atoms. The number of methoxy groups -OCH3 is 2. The quantitative estimate of drug-likeness (QED) is 0.601. The third-order valence-corrected chi connectivity index (χ3v) is 3.69. The second-order valence-electron chi connectivity index (χ2n) is 4.44. The van der Waals surface area contributed by atoms with E-state index in [0.717, 1.165) is 14.8 Å². The molecule has 0 saturated carbocycles.